The van der Waals surface area contributed by atoms with Gasteiger partial charge in [0.2, 0.25) is 5.91 Å². The molecule has 7 heteroatoms. The third-order valence-electron chi connectivity index (χ3n) is 6.16. The number of fused-ring (bicyclic) bond motifs is 1. The lowest BCUT2D eigenvalue weighted by Gasteiger charge is -2.36. The second-order valence-electron chi connectivity index (χ2n) is 10.8. The summed E-state index contributed by atoms with van der Waals surface area (Å²) in [6.45, 7) is 12.6. The number of amides is 3. The molecule has 3 aromatic carbocycles. The van der Waals surface area contributed by atoms with E-state index in [0.29, 0.717) is 11.3 Å². The van der Waals surface area contributed by atoms with Gasteiger partial charge in [0.15, 0.2) is 0 Å². The minimum Gasteiger partial charge on any atom is -0.444 e. The fraction of sp³-hybridized carbons (Fsp3) is 0.387. The highest BCUT2D eigenvalue weighted by Gasteiger charge is 2.36. The van der Waals surface area contributed by atoms with Crippen molar-refractivity contribution in [2.24, 2.45) is 0 Å². The van der Waals surface area contributed by atoms with Gasteiger partial charge in [-0.3, -0.25) is 9.59 Å². The number of carbonyl (C=O) groups excluding carboxylic acids is 3. The number of alkyl carbamates (subject to hydrolysis) is 1. The van der Waals surface area contributed by atoms with Gasteiger partial charge in [0.25, 0.3) is 5.91 Å². The zero-order valence-corrected chi connectivity index (χ0v) is 23.4. The van der Waals surface area contributed by atoms with Crippen molar-refractivity contribution in [1.29, 1.82) is 0 Å². The first kappa shape index (κ1) is 28.7. The van der Waals surface area contributed by atoms with Crippen LogP contribution in [-0.2, 0) is 20.7 Å². The van der Waals surface area contributed by atoms with Crippen molar-refractivity contribution in [3.63, 3.8) is 0 Å². The Morgan fingerprint density at radius 3 is 2.11 bits per heavy atom. The van der Waals surface area contributed by atoms with E-state index < -0.39 is 23.8 Å². The van der Waals surface area contributed by atoms with Crippen LogP contribution in [0.15, 0.2) is 66.7 Å². The highest BCUT2D eigenvalue weighted by molar-refractivity contribution is 6.00. The minimum absolute atomic E-state index is 0.330. The van der Waals surface area contributed by atoms with Crippen LogP contribution in [0.2, 0.25) is 0 Å². The molecule has 0 saturated carbocycles. The van der Waals surface area contributed by atoms with Gasteiger partial charge in [-0.1, -0.05) is 61.5 Å². The zero-order valence-electron chi connectivity index (χ0n) is 23.4. The van der Waals surface area contributed by atoms with Crippen molar-refractivity contribution >= 4 is 34.4 Å². The molecule has 2 unspecified atom stereocenters. The van der Waals surface area contributed by atoms with Crippen LogP contribution in [-0.4, -0.2) is 40.5 Å². The SMILES string of the molecule is CCc1ccc(C(C(=O)Nc2ccc3ccccc3c2)N(C(=O)C(C)NC(=O)OC(C)(C)C)C(C)C)cc1. The van der Waals surface area contributed by atoms with Crippen LogP contribution in [0.1, 0.15) is 65.6 Å². The lowest BCUT2D eigenvalue weighted by atomic mass is 9.99. The number of hydrogen-bond acceptors (Lipinski definition) is 4. The van der Waals surface area contributed by atoms with Gasteiger partial charge >= 0.3 is 6.09 Å². The second-order valence-corrected chi connectivity index (χ2v) is 10.8. The van der Waals surface area contributed by atoms with Crippen LogP contribution >= 0.6 is 0 Å². The third kappa shape index (κ3) is 7.34. The fourth-order valence-corrected chi connectivity index (χ4v) is 4.30. The molecule has 2 atom stereocenters. The maximum atomic E-state index is 13.9. The molecule has 3 amide bonds. The largest absolute Gasteiger partial charge is 0.444 e. The van der Waals surface area contributed by atoms with E-state index in [-0.39, 0.29) is 17.9 Å². The van der Waals surface area contributed by atoms with Gasteiger partial charge in [0, 0.05) is 11.7 Å². The number of nitrogens with zero attached hydrogens (tertiary/aromatic N) is 1. The van der Waals surface area contributed by atoms with E-state index in [0.717, 1.165) is 22.8 Å². The molecular weight excluding hydrogens is 478 g/mol. The van der Waals surface area contributed by atoms with E-state index in [2.05, 4.69) is 17.6 Å². The molecule has 0 aliphatic heterocycles. The van der Waals surface area contributed by atoms with Crippen molar-refractivity contribution in [1.82, 2.24) is 10.2 Å². The number of benzene rings is 3. The molecule has 0 spiro atoms. The van der Waals surface area contributed by atoms with Crippen LogP contribution in [0.3, 0.4) is 0 Å². The first-order chi connectivity index (χ1) is 17.9. The van der Waals surface area contributed by atoms with Crippen molar-refractivity contribution in [3.8, 4) is 0 Å². The predicted octanol–water partition coefficient (Wildman–Crippen LogP) is 6.23. The molecule has 0 aromatic heterocycles. The minimum atomic E-state index is -0.914. The van der Waals surface area contributed by atoms with Gasteiger partial charge in [-0.2, -0.15) is 0 Å². The molecule has 202 valence electrons. The molecule has 0 radical (unpaired) electrons. The molecule has 3 aromatic rings. The molecule has 38 heavy (non-hydrogen) atoms. The summed E-state index contributed by atoms with van der Waals surface area (Å²) in [6, 6.07) is 19.2. The monoisotopic (exact) mass is 517 g/mol. The Labute approximate surface area is 225 Å². The maximum Gasteiger partial charge on any atom is 0.408 e. The third-order valence-corrected chi connectivity index (χ3v) is 6.16. The average molecular weight is 518 g/mol. The number of rotatable bonds is 8. The number of ether oxygens (including phenoxy) is 1. The molecule has 0 aliphatic carbocycles. The van der Waals surface area contributed by atoms with Crippen LogP contribution in [0, 0.1) is 0 Å². The first-order valence-corrected chi connectivity index (χ1v) is 13.1. The average Bonchev–Trinajstić information content (AvgIpc) is 2.85. The van der Waals surface area contributed by atoms with Crippen molar-refractivity contribution in [2.45, 2.75) is 78.6 Å². The maximum absolute atomic E-state index is 13.9. The standard InChI is InChI=1S/C31H39N3O4/c1-8-22-13-15-24(16-14-22)27(28(35)33-26-18-17-23-11-9-10-12-25(23)19-26)34(20(2)3)29(36)21(4)32-30(37)38-31(5,6)7/h9-21,27H,8H2,1-7H3,(H,32,37)(H,33,35). The van der Waals surface area contributed by atoms with E-state index in [1.807, 2.05) is 80.6 Å². The smallest absolute Gasteiger partial charge is 0.408 e. The van der Waals surface area contributed by atoms with Gasteiger partial charge in [-0.25, -0.2) is 4.79 Å². The number of carbonyl (C=O) groups is 3. The van der Waals surface area contributed by atoms with E-state index in [1.54, 1.807) is 27.7 Å². The molecule has 3 rings (SSSR count). The molecule has 0 saturated heterocycles. The van der Waals surface area contributed by atoms with Gasteiger partial charge in [-0.05, 0) is 82.0 Å². The molecular formula is C31H39N3O4. The van der Waals surface area contributed by atoms with Crippen LogP contribution in [0.4, 0.5) is 10.5 Å². The highest BCUT2D eigenvalue weighted by atomic mass is 16.6. The molecule has 7 nitrogen and oxygen atoms in total. The number of nitrogens with one attached hydrogen (secondary N) is 2. The topological polar surface area (TPSA) is 87.7 Å². The normalized spacial score (nSPS) is 13.1. The van der Waals surface area contributed by atoms with E-state index in [9.17, 15) is 14.4 Å². The second kappa shape index (κ2) is 12.1. The van der Waals surface area contributed by atoms with Crippen LogP contribution in [0.5, 0.6) is 0 Å². The summed E-state index contributed by atoms with van der Waals surface area (Å²) in [5.41, 5.74) is 1.75. The summed E-state index contributed by atoms with van der Waals surface area (Å²) in [5.74, 6) is -0.722. The fourth-order valence-electron chi connectivity index (χ4n) is 4.30. The Balaban J connectivity index is 1.95. The van der Waals surface area contributed by atoms with E-state index in [1.165, 1.54) is 4.90 Å². The quantitative estimate of drug-likeness (QED) is 0.371. The summed E-state index contributed by atoms with van der Waals surface area (Å²) in [5, 5.41) is 7.71. The highest BCUT2D eigenvalue weighted by Crippen LogP contribution is 2.28. The van der Waals surface area contributed by atoms with Gasteiger partial charge in [0.05, 0.1) is 0 Å². The summed E-state index contributed by atoms with van der Waals surface area (Å²) in [4.78, 5) is 41.5. The molecule has 0 aliphatic rings. The van der Waals surface area contributed by atoms with E-state index >= 15 is 0 Å². The van der Waals surface area contributed by atoms with Crippen molar-refractivity contribution < 1.29 is 19.1 Å². The van der Waals surface area contributed by atoms with Crippen molar-refractivity contribution in [2.75, 3.05) is 5.32 Å². The van der Waals surface area contributed by atoms with Crippen LogP contribution in [0.25, 0.3) is 10.8 Å². The molecule has 0 bridgehead atoms. The summed E-state index contributed by atoms with van der Waals surface area (Å²) < 4.78 is 5.33. The summed E-state index contributed by atoms with van der Waals surface area (Å²) in [7, 11) is 0. The Bertz CT molecular complexity index is 1280. The Hall–Kier alpha value is -3.87. The Kier molecular flexibility index (Phi) is 9.15. The van der Waals surface area contributed by atoms with Gasteiger partial charge in [-0.15, -0.1) is 0 Å². The first-order valence-electron chi connectivity index (χ1n) is 13.1. The molecule has 0 fully saturated rings. The summed E-state index contributed by atoms with van der Waals surface area (Å²) >= 11 is 0. The number of anilines is 1. The summed E-state index contributed by atoms with van der Waals surface area (Å²) in [6.07, 6.45) is 0.171. The van der Waals surface area contributed by atoms with Gasteiger partial charge in [0.1, 0.15) is 17.7 Å². The molecule has 0 heterocycles. The van der Waals surface area contributed by atoms with Crippen LogP contribution < -0.4 is 10.6 Å². The molecule has 2 N–H and O–H groups in total. The van der Waals surface area contributed by atoms with E-state index in [4.69, 9.17) is 4.74 Å². The Morgan fingerprint density at radius 1 is 0.895 bits per heavy atom. The zero-order chi connectivity index (χ0) is 28.0. The van der Waals surface area contributed by atoms with Gasteiger partial charge < -0.3 is 20.3 Å². The van der Waals surface area contributed by atoms with Crippen molar-refractivity contribution in [3.05, 3.63) is 77.9 Å². The number of aryl methyl sites for hydroxylation is 1. The number of hydrogen-bond donors (Lipinski definition) is 2. The lowest BCUT2D eigenvalue weighted by molar-refractivity contribution is -0.142. The Morgan fingerprint density at radius 2 is 1.53 bits per heavy atom. The predicted molar refractivity (Wildman–Crippen MR) is 152 cm³/mol. The lowest BCUT2D eigenvalue weighted by Crippen LogP contribution is -2.53.